The van der Waals surface area contributed by atoms with Crippen molar-refractivity contribution in [3.63, 3.8) is 0 Å². The van der Waals surface area contributed by atoms with Crippen LogP contribution in [0.15, 0.2) is 4.76 Å². The third-order valence-electron chi connectivity index (χ3n) is 3.44. The van der Waals surface area contributed by atoms with Crippen molar-refractivity contribution in [2.24, 2.45) is 4.76 Å². The number of hydrogen-bond donors (Lipinski definition) is 0. The molecule has 0 aromatic heterocycles. The number of likely N-dealkylation sites (tertiary alicyclic amines) is 2. The number of nitrogens with zero attached hydrogens (tertiary/aromatic N) is 3. The van der Waals surface area contributed by atoms with E-state index in [1.54, 1.807) is 0 Å². The van der Waals surface area contributed by atoms with Gasteiger partial charge in [0.05, 0.1) is 0 Å². The molecule has 17 heavy (non-hydrogen) atoms. The van der Waals surface area contributed by atoms with Gasteiger partial charge in [-0.2, -0.15) is 4.76 Å². The molecule has 2 aliphatic rings. The smallest absolute Gasteiger partial charge is 0.210 e. The molecule has 0 atom stereocenters. The van der Waals surface area contributed by atoms with Gasteiger partial charge in [-0.25, -0.2) is 0 Å². The van der Waals surface area contributed by atoms with Crippen molar-refractivity contribution in [1.29, 1.82) is 0 Å². The molecule has 3 nitrogen and oxygen atoms in total. The van der Waals surface area contributed by atoms with E-state index in [4.69, 9.17) is 22.5 Å². The van der Waals surface area contributed by atoms with E-state index in [1.807, 2.05) is 0 Å². The van der Waals surface area contributed by atoms with Gasteiger partial charge < -0.3 is 9.80 Å². The van der Waals surface area contributed by atoms with E-state index in [0.717, 1.165) is 32.1 Å². The molecule has 2 saturated heterocycles. The van der Waals surface area contributed by atoms with Crippen LogP contribution in [0.4, 0.5) is 0 Å². The second-order valence-corrected chi connectivity index (χ2v) is 7.78. The van der Waals surface area contributed by atoms with E-state index >= 15 is 0 Å². The average molecular weight is 296 g/mol. The Kier molecular flexibility index (Phi) is 5.65. The van der Waals surface area contributed by atoms with E-state index in [2.05, 4.69) is 14.6 Å². The molecular weight excluding hydrogens is 276 g/mol. The van der Waals surface area contributed by atoms with Crippen LogP contribution in [0.3, 0.4) is 0 Å². The van der Waals surface area contributed by atoms with Gasteiger partial charge in [-0.1, -0.05) is 22.5 Å². The lowest BCUT2D eigenvalue weighted by Crippen LogP contribution is -2.48. The molecule has 2 fully saturated rings. The van der Waals surface area contributed by atoms with Crippen LogP contribution in [-0.2, 0) is 0 Å². The first-order valence-corrected chi connectivity index (χ1v) is 9.58. The number of halogens is 2. The molecule has 0 saturated carbocycles. The van der Waals surface area contributed by atoms with Gasteiger partial charge in [0.15, 0.2) is 0 Å². The van der Waals surface area contributed by atoms with Crippen molar-refractivity contribution in [2.45, 2.75) is 38.5 Å². The third-order valence-corrected chi connectivity index (χ3v) is 4.23. The van der Waals surface area contributed by atoms with Crippen LogP contribution in [-0.4, -0.2) is 41.9 Å². The van der Waals surface area contributed by atoms with E-state index in [1.165, 1.54) is 38.5 Å². The van der Waals surface area contributed by atoms with Crippen molar-refractivity contribution < 1.29 is 0 Å². The minimum atomic E-state index is -1.24. The molecule has 0 N–H and O–H groups in total. The SMILES string of the molecule is ClP(Cl)N=C(N1CCCCC1)N1CCCCC1. The van der Waals surface area contributed by atoms with Gasteiger partial charge in [-0.3, -0.25) is 0 Å². The minimum absolute atomic E-state index is 1.06. The minimum Gasteiger partial charge on any atom is -0.343 e. The highest BCUT2D eigenvalue weighted by Gasteiger charge is 2.23. The van der Waals surface area contributed by atoms with Crippen LogP contribution in [0.25, 0.3) is 0 Å². The average Bonchev–Trinajstić information content (AvgIpc) is 2.38. The molecule has 0 spiro atoms. The normalized spacial score (nSPS) is 21.8. The van der Waals surface area contributed by atoms with Gasteiger partial charge in [0.2, 0.25) is 12.7 Å². The molecule has 2 rings (SSSR count). The molecular formula is C11H20Cl2N3P. The zero-order chi connectivity index (χ0) is 12.1. The monoisotopic (exact) mass is 295 g/mol. The first kappa shape index (κ1) is 13.7. The first-order chi connectivity index (χ1) is 8.27. The molecule has 2 aliphatic heterocycles. The summed E-state index contributed by atoms with van der Waals surface area (Å²) in [5.74, 6) is 1.06. The Morgan fingerprint density at radius 3 is 1.53 bits per heavy atom. The highest BCUT2D eigenvalue weighted by atomic mass is 35.9. The zero-order valence-electron chi connectivity index (χ0n) is 10.1. The van der Waals surface area contributed by atoms with Crippen LogP contribution in [0.2, 0.25) is 0 Å². The molecule has 0 aromatic carbocycles. The molecule has 0 unspecified atom stereocenters. The fourth-order valence-corrected chi connectivity index (χ4v) is 3.38. The first-order valence-electron chi connectivity index (χ1n) is 6.47. The van der Waals surface area contributed by atoms with Crippen molar-refractivity contribution in [1.82, 2.24) is 9.80 Å². The molecule has 0 aromatic rings. The summed E-state index contributed by atoms with van der Waals surface area (Å²) in [5.41, 5.74) is 0. The fraction of sp³-hybridized carbons (Fsp3) is 0.909. The second kappa shape index (κ2) is 7.01. The predicted molar refractivity (Wildman–Crippen MR) is 76.9 cm³/mol. The van der Waals surface area contributed by atoms with Crippen LogP contribution >= 0.6 is 29.3 Å². The summed E-state index contributed by atoms with van der Waals surface area (Å²) in [6.07, 6.45) is 7.70. The predicted octanol–water partition coefficient (Wildman–Crippen LogP) is 4.02. The van der Waals surface area contributed by atoms with Gasteiger partial charge in [-0.15, -0.1) is 0 Å². The highest BCUT2D eigenvalue weighted by Crippen LogP contribution is 2.48. The Morgan fingerprint density at radius 1 is 0.765 bits per heavy atom. The van der Waals surface area contributed by atoms with Gasteiger partial charge in [-0.05, 0) is 38.5 Å². The van der Waals surface area contributed by atoms with Gasteiger partial charge >= 0.3 is 0 Å². The Hall–Kier alpha value is 0.280. The van der Waals surface area contributed by atoms with E-state index < -0.39 is 6.78 Å². The maximum Gasteiger partial charge on any atom is 0.210 e. The topological polar surface area (TPSA) is 18.8 Å². The molecule has 0 amide bonds. The molecule has 2 heterocycles. The lowest BCUT2D eigenvalue weighted by Gasteiger charge is -2.38. The summed E-state index contributed by atoms with van der Waals surface area (Å²) in [4.78, 5) is 4.74. The lowest BCUT2D eigenvalue weighted by molar-refractivity contribution is 0.258. The molecule has 0 aliphatic carbocycles. The van der Waals surface area contributed by atoms with Crippen molar-refractivity contribution in [2.75, 3.05) is 26.2 Å². The maximum atomic E-state index is 5.90. The summed E-state index contributed by atoms with van der Waals surface area (Å²) in [6, 6.07) is 0. The number of hydrogen-bond acceptors (Lipinski definition) is 1. The molecule has 98 valence electrons. The van der Waals surface area contributed by atoms with E-state index in [0.29, 0.717) is 0 Å². The zero-order valence-corrected chi connectivity index (χ0v) is 12.5. The number of guanidine groups is 1. The fourth-order valence-electron chi connectivity index (χ4n) is 2.58. The van der Waals surface area contributed by atoms with Gasteiger partial charge in [0.25, 0.3) is 0 Å². The number of rotatable bonds is 1. The summed E-state index contributed by atoms with van der Waals surface area (Å²) >= 11 is 11.8. The van der Waals surface area contributed by atoms with Crippen molar-refractivity contribution in [3.05, 3.63) is 0 Å². The van der Waals surface area contributed by atoms with E-state index in [9.17, 15) is 0 Å². The third kappa shape index (κ3) is 4.15. The number of piperidine rings is 2. The summed E-state index contributed by atoms with van der Waals surface area (Å²) in [6.45, 7) is 3.17. The molecule has 0 radical (unpaired) electrons. The Bertz CT molecular complexity index is 241. The summed E-state index contributed by atoms with van der Waals surface area (Å²) in [7, 11) is 0. The molecule has 0 bridgehead atoms. The summed E-state index contributed by atoms with van der Waals surface area (Å²) < 4.78 is 4.49. The lowest BCUT2D eigenvalue weighted by atomic mass is 10.1. The van der Waals surface area contributed by atoms with Crippen molar-refractivity contribution >= 4 is 35.2 Å². The van der Waals surface area contributed by atoms with Crippen molar-refractivity contribution in [3.8, 4) is 0 Å². The van der Waals surface area contributed by atoms with Crippen LogP contribution in [0.5, 0.6) is 0 Å². The maximum absolute atomic E-state index is 5.90. The Morgan fingerprint density at radius 2 is 1.18 bits per heavy atom. The van der Waals surface area contributed by atoms with Gasteiger partial charge in [0, 0.05) is 26.2 Å². The Labute approximate surface area is 115 Å². The largest absolute Gasteiger partial charge is 0.343 e. The Balaban J connectivity index is 2.05. The van der Waals surface area contributed by atoms with E-state index in [-0.39, 0.29) is 0 Å². The quantitative estimate of drug-likeness (QED) is 0.413. The highest BCUT2D eigenvalue weighted by molar-refractivity contribution is 8.03. The molecule has 6 heteroatoms. The van der Waals surface area contributed by atoms with Crippen LogP contribution < -0.4 is 0 Å². The second-order valence-electron chi connectivity index (χ2n) is 4.71. The van der Waals surface area contributed by atoms with Crippen LogP contribution in [0, 0.1) is 0 Å². The van der Waals surface area contributed by atoms with Crippen LogP contribution in [0.1, 0.15) is 38.5 Å². The standard InChI is InChI=1S/C11H20Cl2N3P/c12-17(13)14-11(15-7-3-1-4-8-15)16-9-5-2-6-10-16/h1-10H2. The van der Waals surface area contributed by atoms with Gasteiger partial charge in [0.1, 0.15) is 0 Å². The summed E-state index contributed by atoms with van der Waals surface area (Å²) in [5, 5.41) is 0.